The lowest BCUT2D eigenvalue weighted by molar-refractivity contribution is 0.423. The number of allylic oxidation sites excluding steroid dienone is 1. The second kappa shape index (κ2) is 4.72. The van der Waals surface area contributed by atoms with Crippen LogP contribution in [0.1, 0.15) is 12.1 Å². The molecule has 0 aliphatic carbocycles. The van der Waals surface area contributed by atoms with Gasteiger partial charge < -0.3 is 4.52 Å². The third kappa shape index (κ3) is 2.29. The highest BCUT2D eigenvalue weighted by Crippen LogP contribution is 2.24. The topological polar surface area (TPSA) is 43.9 Å². The molecule has 0 amide bonds. The van der Waals surface area contributed by atoms with E-state index in [2.05, 4.69) is 22.9 Å². The van der Waals surface area contributed by atoms with E-state index >= 15 is 0 Å². The van der Waals surface area contributed by atoms with Crippen LogP contribution < -0.4 is 0 Å². The highest BCUT2D eigenvalue weighted by molar-refractivity contribution is 5.83. The largest absolute Gasteiger partial charge is 0.356 e. The molecule has 1 aromatic carbocycles. The van der Waals surface area contributed by atoms with Gasteiger partial charge in [0.25, 0.3) is 0 Å². The summed E-state index contributed by atoms with van der Waals surface area (Å²) in [5.41, 5.74) is 2.97. The maximum absolute atomic E-state index is 5.39. The number of hydrogen-bond donors (Lipinski definition) is 0. The highest BCUT2D eigenvalue weighted by atomic mass is 16.5. The number of aromatic nitrogens is 3. The van der Waals surface area contributed by atoms with E-state index in [9.17, 15) is 0 Å². The second-order valence-corrected chi connectivity index (χ2v) is 4.59. The van der Waals surface area contributed by atoms with Crippen molar-refractivity contribution in [2.45, 2.75) is 12.8 Å². The summed E-state index contributed by atoms with van der Waals surface area (Å²) in [7, 11) is 1.92. The average Bonchev–Trinajstić information content (AvgIpc) is 3.00. The molecule has 3 rings (SSSR count). The van der Waals surface area contributed by atoms with Gasteiger partial charge in [-0.05, 0) is 31.0 Å². The van der Waals surface area contributed by atoms with Crippen LogP contribution in [0, 0.1) is 0 Å². The quantitative estimate of drug-likeness (QED) is 0.670. The summed E-state index contributed by atoms with van der Waals surface area (Å²) in [4.78, 5) is 0. The zero-order valence-electron chi connectivity index (χ0n) is 10.8. The second-order valence-electron chi connectivity index (χ2n) is 4.59. The van der Waals surface area contributed by atoms with Crippen LogP contribution in [0.3, 0.4) is 0 Å². The summed E-state index contributed by atoms with van der Waals surface area (Å²) in [5.74, 6) is 0.796. The van der Waals surface area contributed by atoms with Gasteiger partial charge in [-0.1, -0.05) is 11.2 Å². The molecular formula is C15H15N3O. The molecule has 4 nitrogen and oxygen atoms in total. The monoisotopic (exact) mass is 253 g/mol. The third-order valence-corrected chi connectivity index (χ3v) is 3.07. The highest BCUT2D eigenvalue weighted by Gasteiger charge is 2.08. The van der Waals surface area contributed by atoms with Crippen LogP contribution in [0.25, 0.3) is 22.2 Å². The molecule has 0 fully saturated rings. The minimum atomic E-state index is 0.796. The van der Waals surface area contributed by atoms with Crippen molar-refractivity contribution in [3.63, 3.8) is 0 Å². The first-order chi connectivity index (χ1) is 9.26. The molecule has 0 unspecified atom stereocenters. The molecule has 2 heterocycles. The smallest absolute Gasteiger partial charge is 0.167 e. The molecule has 0 saturated heterocycles. The normalized spacial score (nSPS) is 11.0. The van der Waals surface area contributed by atoms with Crippen molar-refractivity contribution in [1.82, 2.24) is 14.9 Å². The van der Waals surface area contributed by atoms with Crippen LogP contribution in [-0.2, 0) is 13.5 Å². The number of hydrogen-bond acceptors (Lipinski definition) is 3. The third-order valence-electron chi connectivity index (χ3n) is 3.07. The molecule has 0 bridgehead atoms. The Labute approximate surface area is 111 Å². The number of aryl methyl sites for hydroxylation is 2. The van der Waals surface area contributed by atoms with Gasteiger partial charge in [0, 0.05) is 30.3 Å². The van der Waals surface area contributed by atoms with Gasteiger partial charge in [0.1, 0.15) is 0 Å². The molecule has 3 aromatic rings. The predicted octanol–water partition coefficient (Wildman–Crippen LogP) is 3.35. The standard InChI is InChI=1S/C15H15N3O/c1-3-4-5-13-9-15(19-17-13)11-6-7-14-12(8-11)10-18(2)16-14/h3,6-10H,1,4-5H2,2H3. The molecule has 0 atom stereocenters. The molecule has 0 aliphatic rings. The molecular weight excluding hydrogens is 238 g/mol. The van der Waals surface area contributed by atoms with Gasteiger partial charge in [0.05, 0.1) is 11.2 Å². The molecule has 19 heavy (non-hydrogen) atoms. The summed E-state index contributed by atoms with van der Waals surface area (Å²) >= 11 is 0. The first-order valence-electron chi connectivity index (χ1n) is 6.26. The van der Waals surface area contributed by atoms with Crippen LogP contribution in [0.2, 0.25) is 0 Å². The van der Waals surface area contributed by atoms with Gasteiger partial charge >= 0.3 is 0 Å². The maximum atomic E-state index is 5.39. The Bertz CT molecular complexity index is 724. The number of benzene rings is 1. The lowest BCUT2D eigenvalue weighted by Crippen LogP contribution is -1.84. The van der Waals surface area contributed by atoms with Gasteiger partial charge in [-0.15, -0.1) is 6.58 Å². The molecule has 0 spiro atoms. The van der Waals surface area contributed by atoms with Crippen LogP contribution in [-0.4, -0.2) is 14.9 Å². The molecule has 4 heteroatoms. The van der Waals surface area contributed by atoms with Crippen molar-refractivity contribution in [3.05, 3.63) is 48.8 Å². The van der Waals surface area contributed by atoms with Crippen LogP contribution in [0.4, 0.5) is 0 Å². The van der Waals surface area contributed by atoms with Crippen molar-refractivity contribution >= 4 is 10.9 Å². The first-order valence-corrected chi connectivity index (χ1v) is 6.26. The number of nitrogens with zero attached hydrogens (tertiary/aromatic N) is 3. The Hall–Kier alpha value is -2.36. The fraction of sp³-hybridized carbons (Fsp3) is 0.200. The molecule has 2 aromatic heterocycles. The maximum Gasteiger partial charge on any atom is 0.167 e. The SMILES string of the molecule is C=CCCc1cc(-c2ccc3nn(C)cc3c2)on1. The zero-order chi connectivity index (χ0) is 13.2. The molecule has 96 valence electrons. The fourth-order valence-corrected chi connectivity index (χ4v) is 2.12. The fourth-order valence-electron chi connectivity index (χ4n) is 2.12. The minimum Gasteiger partial charge on any atom is -0.356 e. The molecule has 0 N–H and O–H groups in total. The van der Waals surface area contributed by atoms with Crippen LogP contribution >= 0.6 is 0 Å². The van der Waals surface area contributed by atoms with E-state index in [0.29, 0.717) is 0 Å². The van der Waals surface area contributed by atoms with Gasteiger partial charge in [-0.25, -0.2) is 0 Å². The van der Waals surface area contributed by atoms with Crippen molar-refractivity contribution in [2.75, 3.05) is 0 Å². The van der Waals surface area contributed by atoms with E-state index in [1.165, 1.54) is 0 Å². The summed E-state index contributed by atoms with van der Waals surface area (Å²) in [6.45, 7) is 3.71. The average molecular weight is 253 g/mol. The van der Waals surface area contributed by atoms with Crippen molar-refractivity contribution < 1.29 is 4.52 Å². The van der Waals surface area contributed by atoms with Crippen LogP contribution in [0.5, 0.6) is 0 Å². The lowest BCUT2D eigenvalue weighted by atomic mass is 10.1. The Morgan fingerprint density at radius 1 is 1.37 bits per heavy atom. The number of rotatable bonds is 4. The Morgan fingerprint density at radius 3 is 3.11 bits per heavy atom. The molecule has 0 aliphatic heterocycles. The van der Waals surface area contributed by atoms with E-state index in [4.69, 9.17) is 4.52 Å². The van der Waals surface area contributed by atoms with Crippen molar-refractivity contribution in [2.24, 2.45) is 7.05 Å². The Kier molecular flexibility index (Phi) is 2.91. The molecule has 0 saturated carbocycles. The van der Waals surface area contributed by atoms with E-state index in [1.54, 1.807) is 0 Å². The van der Waals surface area contributed by atoms with E-state index in [0.717, 1.165) is 40.8 Å². The summed E-state index contributed by atoms with van der Waals surface area (Å²) in [5, 5.41) is 9.53. The van der Waals surface area contributed by atoms with Crippen LogP contribution in [0.15, 0.2) is 47.6 Å². The van der Waals surface area contributed by atoms with E-state index in [-0.39, 0.29) is 0 Å². The lowest BCUT2D eigenvalue weighted by Gasteiger charge is -1.94. The van der Waals surface area contributed by atoms with Gasteiger partial charge in [-0.3, -0.25) is 4.68 Å². The van der Waals surface area contributed by atoms with Gasteiger partial charge in [-0.2, -0.15) is 5.10 Å². The van der Waals surface area contributed by atoms with E-state index in [1.807, 2.05) is 42.2 Å². The summed E-state index contributed by atoms with van der Waals surface area (Å²) in [6.07, 6.45) is 5.65. The Morgan fingerprint density at radius 2 is 2.26 bits per heavy atom. The minimum absolute atomic E-state index is 0.796. The summed E-state index contributed by atoms with van der Waals surface area (Å²) in [6, 6.07) is 8.06. The van der Waals surface area contributed by atoms with Crippen molar-refractivity contribution in [3.8, 4) is 11.3 Å². The van der Waals surface area contributed by atoms with Gasteiger partial charge in [0.2, 0.25) is 0 Å². The van der Waals surface area contributed by atoms with Crippen molar-refractivity contribution in [1.29, 1.82) is 0 Å². The summed E-state index contributed by atoms with van der Waals surface area (Å²) < 4.78 is 7.20. The molecule has 0 radical (unpaired) electrons. The van der Waals surface area contributed by atoms with Gasteiger partial charge in [0.15, 0.2) is 5.76 Å². The van der Waals surface area contributed by atoms with E-state index < -0.39 is 0 Å². The first kappa shape index (κ1) is 11.7. The zero-order valence-corrected chi connectivity index (χ0v) is 10.8. The Balaban J connectivity index is 1.94. The number of fused-ring (bicyclic) bond motifs is 1. The predicted molar refractivity (Wildman–Crippen MR) is 74.7 cm³/mol.